The van der Waals surface area contributed by atoms with Crippen molar-refractivity contribution >= 4 is 11.8 Å². The highest BCUT2D eigenvalue weighted by atomic mass is 16.3. The lowest BCUT2D eigenvalue weighted by atomic mass is 9.73. The zero-order valence-electron chi connectivity index (χ0n) is 18.8. The molecule has 1 atom stereocenters. The van der Waals surface area contributed by atoms with Crippen molar-refractivity contribution in [1.29, 1.82) is 0 Å². The molecule has 2 aromatic rings. The van der Waals surface area contributed by atoms with Crippen LogP contribution in [0.5, 0.6) is 0 Å². The van der Waals surface area contributed by atoms with E-state index in [4.69, 9.17) is 4.42 Å². The number of carbonyl (C=O) groups excluding carboxylic acids is 2. The third-order valence-electron chi connectivity index (χ3n) is 7.02. The Bertz CT molecular complexity index is 941. The number of benzene rings is 1. The van der Waals surface area contributed by atoms with Crippen molar-refractivity contribution in [3.05, 3.63) is 59.0 Å². The summed E-state index contributed by atoms with van der Waals surface area (Å²) >= 11 is 0. The van der Waals surface area contributed by atoms with E-state index in [0.29, 0.717) is 24.3 Å². The van der Waals surface area contributed by atoms with Gasteiger partial charge in [0.05, 0.1) is 11.8 Å². The predicted octanol–water partition coefficient (Wildman–Crippen LogP) is 3.32. The van der Waals surface area contributed by atoms with Crippen LogP contribution < -0.4 is 5.32 Å². The Kier molecular flexibility index (Phi) is 6.19. The second-order valence-electron chi connectivity index (χ2n) is 9.31. The van der Waals surface area contributed by atoms with Crippen molar-refractivity contribution in [1.82, 2.24) is 15.1 Å². The fourth-order valence-corrected chi connectivity index (χ4v) is 5.31. The van der Waals surface area contributed by atoms with Crippen molar-refractivity contribution < 1.29 is 14.0 Å². The molecule has 2 heterocycles. The van der Waals surface area contributed by atoms with Gasteiger partial charge in [0, 0.05) is 32.6 Å². The highest BCUT2D eigenvalue weighted by Crippen LogP contribution is 2.52. The van der Waals surface area contributed by atoms with Crippen LogP contribution in [0.15, 0.2) is 41.0 Å². The summed E-state index contributed by atoms with van der Waals surface area (Å²) in [5, 5.41) is 3.06. The van der Waals surface area contributed by atoms with Crippen LogP contribution in [0.4, 0.5) is 0 Å². The summed E-state index contributed by atoms with van der Waals surface area (Å²) in [6.07, 6.45) is 4.97. The second kappa shape index (κ2) is 8.87. The Labute approximate surface area is 184 Å². The predicted molar refractivity (Wildman–Crippen MR) is 120 cm³/mol. The van der Waals surface area contributed by atoms with E-state index in [1.807, 2.05) is 25.9 Å². The van der Waals surface area contributed by atoms with Gasteiger partial charge in [-0.25, -0.2) is 0 Å². The minimum absolute atomic E-state index is 0.0594. The molecule has 166 valence electrons. The molecule has 1 N–H and O–H groups in total. The second-order valence-corrected chi connectivity index (χ2v) is 9.31. The average molecular weight is 424 g/mol. The summed E-state index contributed by atoms with van der Waals surface area (Å²) in [4.78, 5) is 29.5. The summed E-state index contributed by atoms with van der Waals surface area (Å²) in [6.45, 7) is 4.83. The number of fused-ring (bicyclic) bond motifs is 2. The molecule has 1 aliphatic carbocycles. The SMILES string of the molecule is Cc1occc1C(=O)N1CCC2(CC1)C[C@H](CC(=O)NCCN(C)C)c1ccccc12. The van der Waals surface area contributed by atoms with Gasteiger partial charge in [0.2, 0.25) is 5.91 Å². The van der Waals surface area contributed by atoms with Gasteiger partial charge in [-0.15, -0.1) is 0 Å². The first-order chi connectivity index (χ1) is 14.9. The molecule has 1 aromatic heterocycles. The molecule has 0 unspecified atom stereocenters. The lowest BCUT2D eigenvalue weighted by Gasteiger charge is -2.40. The Morgan fingerprint density at radius 3 is 2.61 bits per heavy atom. The molecule has 2 aliphatic rings. The first kappa shape index (κ1) is 21.6. The molecule has 0 radical (unpaired) electrons. The number of hydrogen-bond donors (Lipinski definition) is 1. The van der Waals surface area contributed by atoms with Crippen molar-refractivity contribution in [2.24, 2.45) is 0 Å². The number of rotatable bonds is 6. The first-order valence-corrected chi connectivity index (χ1v) is 11.2. The standard InChI is InChI=1S/C25H33N3O3/c1-18-20(8-15-31-18)24(30)28-12-9-25(10-13-28)17-19(21-6-4-5-7-22(21)25)16-23(29)26-11-14-27(2)3/h4-8,15,19H,9-14,16-17H2,1-3H3,(H,26,29)/t19-/m0/s1. The minimum Gasteiger partial charge on any atom is -0.469 e. The highest BCUT2D eigenvalue weighted by molar-refractivity contribution is 5.95. The maximum atomic E-state index is 12.9. The Hall–Kier alpha value is -2.60. The average Bonchev–Trinajstić information content (AvgIpc) is 3.30. The summed E-state index contributed by atoms with van der Waals surface area (Å²) < 4.78 is 5.32. The van der Waals surface area contributed by atoms with E-state index in [9.17, 15) is 9.59 Å². The normalized spacial score (nSPS) is 19.6. The van der Waals surface area contributed by atoms with Gasteiger partial charge < -0.3 is 19.5 Å². The van der Waals surface area contributed by atoms with E-state index in [-0.39, 0.29) is 23.1 Å². The molecule has 1 fully saturated rings. The monoisotopic (exact) mass is 423 g/mol. The number of nitrogens with one attached hydrogen (secondary N) is 1. The van der Waals surface area contributed by atoms with Gasteiger partial charge in [0.25, 0.3) is 5.91 Å². The van der Waals surface area contributed by atoms with Crippen LogP contribution in [-0.2, 0) is 10.2 Å². The van der Waals surface area contributed by atoms with Crippen molar-refractivity contribution in [2.45, 2.75) is 43.9 Å². The molecule has 1 aliphatic heterocycles. The van der Waals surface area contributed by atoms with E-state index < -0.39 is 0 Å². The van der Waals surface area contributed by atoms with E-state index in [0.717, 1.165) is 38.9 Å². The topological polar surface area (TPSA) is 65.8 Å². The van der Waals surface area contributed by atoms with Crippen molar-refractivity contribution in [3.8, 4) is 0 Å². The number of piperidine rings is 1. The Morgan fingerprint density at radius 1 is 1.19 bits per heavy atom. The van der Waals surface area contributed by atoms with Gasteiger partial charge in [-0.2, -0.15) is 0 Å². The number of likely N-dealkylation sites (tertiary alicyclic amines) is 1. The third kappa shape index (κ3) is 4.40. The van der Waals surface area contributed by atoms with E-state index in [1.165, 1.54) is 11.1 Å². The number of likely N-dealkylation sites (N-methyl/N-ethyl adjacent to an activating group) is 1. The molecular formula is C25H33N3O3. The quantitative estimate of drug-likeness (QED) is 0.774. The maximum Gasteiger partial charge on any atom is 0.257 e. The van der Waals surface area contributed by atoms with Crippen LogP contribution in [0, 0.1) is 6.92 Å². The number of amides is 2. The van der Waals surface area contributed by atoms with Crippen LogP contribution in [-0.4, -0.2) is 61.9 Å². The molecule has 4 rings (SSSR count). The van der Waals surface area contributed by atoms with Gasteiger partial charge in [-0.3, -0.25) is 9.59 Å². The fraction of sp³-hybridized carbons (Fsp3) is 0.520. The summed E-state index contributed by atoms with van der Waals surface area (Å²) in [5.41, 5.74) is 3.42. The molecule has 0 saturated carbocycles. The maximum absolute atomic E-state index is 12.9. The van der Waals surface area contributed by atoms with Crippen molar-refractivity contribution in [2.75, 3.05) is 40.3 Å². The van der Waals surface area contributed by atoms with E-state index >= 15 is 0 Å². The Morgan fingerprint density at radius 2 is 1.94 bits per heavy atom. The zero-order chi connectivity index (χ0) is 22.0. The van der Waals surface area contributed by atoms with Gasteiger partial charge >= 0.3 is 0 Å². The first-order valence-electron chi connectivity index (χ1n) is 11.2. The number of carbonyl (C=O) groups is 2. The molecule has 31 heavy (non-hydrogen) atoms. The zero-order valence-corrected chi connectivity index (χ0v) is 18.8. The molecular weight excluding hydrogens is 390 g/mol. The van der Waals surface area contributed by atoms with E-state index in [2.05, 4.69) is 34.5 Å². The van der Waals surface area contributed by atoms with Crippen LogP contribution in [0.1, 0.15) is 58.8 Å². The van der Waals surface area contributed by atoms with Crippen LogP contribution in [0.25, 0.3) is 0 Å². The smallest absolute Gasteiger partial charge is 0.257 e. The number of nitrogens with zero attached hydrogens (tertiary/aromatic N) is 2. The number of aryl methyl sites for hydroxylation is 1. The van der Waals surface area contributed by atoms with Gasteiger partial charge in [-0.1, -0.05) is 24.3 Å². The lowest BCUT2D eigenvalue weighted by Crippen LogP contribution is -2.44. The molecule has 2 amide bonds. The van der Waals surface area contributed by atoms with Crippen LogP contribution >= 0.6 is 0 Å². The fourth-order valence-electron chi connectivity index (χ4n) is 5.31. The molecule has 0 bridgehead atoms. The lowest BCUT2D eigenvalue weighted by molar-refractivity contribution is -0.121. The Balaban J connectivity index is 1.43. The van der Waals surface area contributed by atoms with Crippen LogP contribution in [0.3, 0.4) is 0 Å². The van der Waals surface area contributed by atoms with Crippen LogP contribution in [0.2, 0.25) is 0 Å². The molecule has 6 heteroatoms. The molecule has 6 nitrogen and oxygen atoms in total. The van der Waals surface area contributed by atoms with Gasteiger partial charge in [0.15, 0.2) is 0 Å². The summed E-state index contributed by atoms with van der Waals surface area (Å²) in [7, 11) is 4.02. The third-order valence-corrected chi connectivity index (χ3v) is 7.02. The largest absolute Gasteiger partial charge is 0.469 e. The van der Waals surface area contributed by atoms with Crippen molar-refractivity contribution in [3.63, 3.8) is 0 Å². The van der Waals surface area contributed by atoms with Gasteiger partial charge in [-0.05, 0) is 68.8 Å². The van der Waals surface area contributed by atoms with E-state index in [1.54, 1.807) is 12.3 Å². The summed E-state index contributed by atoms with van der Waals surface area (Å²) in [6, 6.07) is 10.4. The summed E-state index contributed by atoms with van der Waals surface area (Å²) in [5.74, 6) is 1.11. The van der Waals surface area contributed by atoms with Gasteiger partial charge in [0.1, 0.15) is 5.76 Å². The number of furan rings is 1. The molecule has 1 aromatic carbocycles. The highest BCUT2D eigenvalue weighted by Gasteiger charge is 2.46. The minimum atomic E-state index is 0.0594. The molecule has 1 saturated heterocycles. The number of hydrogen-bond acceptors (Lipinski definition) is 4. The molecule has 1 spiro atoms.